The largest absolute Gasteiger partial charge is 0.508 e. The van der Waals surface area contributed by atoms with E-state index in [4.69, 9.17) is 0 Å². The van der Waals surface area contributed by atoms with Gasteiger partial charge in [0.05, 0.1) is 11.1 Å². The minimum absolute atomic E-state index is 0.0354. The van der Waals surface area contributed by atoms with Crippen LogP contribution >= 0.6 is 0 Å². The number of aromatic carboxylic acids is 1. The van der Waals surface area contributed by atoms with Crippen LogP contribution in [-0.2, 0) is 6.42 Å². The van der Waals surface area contributed by atoms with Crippen LogP contribution in [0.1, 0.15) is 52.7 Å². The molecule has 0 saturated heterocycles. The van der Waals surface area contributed by atoms with Crippen molar-refractivity contribution < 1.29 is 19.8 Å². The Morgan fingerprint density at radius 2 is 1.78 bits per heavy atom. The number of aromatic nitrogens is 1. The summed E-state index contributed by atoms with van der Waals surface area (Å²) in [4.78, 5) is 29.0. The number of hydrogen-bond acceptors (Lipinski definition) is 4. The number of pyridine rings is 1. The van der Waals surface area contributed by atoms with Crippen molar-refractivity contribution >= 4 is 28.4 Å². The normalized spacial score (nSPS) is 11.3. The Balaban J connectivity index is 1.87. The van der Waals surface area contributed by atoms with E-state index < -0.39 is 11.9 Å². The van der Waals surface area contributed by atoms with Gasteiger partial charge in [0.15, 0.2) is 0 Å². The Kier molecular flexibility index (Phi) is 7.05. The maximum Gasteiger partial charge on any atom is 0.336 e. The van der Waals surface area contributed by atoms with E-state index in [0.29, 0.717) is 23.9 Å². The lowest BCUT2D eigenvalue weighted by atomic mass is 9.98. The number of amides is 1. The lowest BCUT2D eigenvalue weighted by Gasteiger charge is -2.10. The highest BCUT2D eigenvalue weighted by molar-refractivity contribution is 6.06. The highest BCUT2D eigenvalue weighted by Gasteiger charge is 2.17. The number of carbonyl (C=O) groups excluding carboxylic acids is 1. The summed E-state index contributed by atoms with van der Waals surface area (Å²) in [5, 5.41) is 22.4. The zero-order chi connectivity index (χ0) is 23.3. The first-order chi connectivity index (χ1) is 15.3. The molecule has 1 heterocycles. The van der Waals surface area contributed by atoms with Gasteiger partial charge in [-0.05, 0) is 74.2 Å². The van der Waals surface area contributed by atoms with Crippen molar-refractivity contribution in [2.75, 3.05) is 6.54 Å². The number of allylic oxidation sites excluding steroid dienone is 4. The lowest BCUT2D eigenvalue weighted by Crippen LogP contribution is -2.27. The summed E-state index contributed by atoms with van der Waals surface area (Å²) in [6.45, 7) is 6.29. The van der Waals surface area contributed by atoms with Crippen LogP contribution in [0.5, 0.6) is 5.75 Å². The highest BCUT2D eigenvalue weighted by atomic mass is 16.4. The number of rotatable bonds is 7. The third-order valence-corrected chi connectivity index (χ3v) is 5.00. The summed E-state index contributed by atoms with van der Waals surface area (Å²) in [7, 11) is 0. The van der Waals surface area contributed by atoms with Gasteiger partial charge in [0.1, 0.15) is 11.4 Å². The Hall–Kier alpha value is -3.93. The molecule has 1 aromatic heterocycles. The van der Waals surface area contributed by atoms with Gasteiger partial charge < -0.3 is 15.5 Å². The third-order valence-electron chi connectivity index (χ3n) is 5.00. The van der Waals surface area contributed by atoms with Gasteiger partial charge in [0, 0.05) is 11.9 Å². The van der Waals surface area contributed by atoms with Gasteiger partial charge in [-0.2, -0.15) is 0 Å². The zero-order valence-corrected chi connectivity index (χ0v) is 18.3. The van der Waals surface area contributed by atoms with Crippen LogP contribution < -0.4 is 5.32 Å². The van der Waals surface area contributed by atoms with E-state index in [2.05, 4.69) is 10.3 Å². The second-order valence-corrected chi connectivity index (χ2v) is 7.73. The summed E-state index contributed by atoms with van der Waals surface area (Å²) in [6.07, 6.45) is 4.58. The van der Waals surface area contributed by atoms with Crippen LogP contribution in [-0.4, -0.2) is 33.6 Å². The van der Waals surface area contributed by atoms with Gasteiger partial charge in [0.25, 0.3) is 5.91 Å². The van der Waals surface area contributed by atoms with Gasteiger partial charge in [-0.3, -0.25) is 4.79 Å². The Bertz CT molecular complexity index is 1220. The predicted octanol–water partition coefficient (Wildman–Crippen LogP) is 4.98. The molecule has 0 unspecified atom stereocenters. The Morgan fingerprint density at radius 1 is 1.06 bits per heavy atom. The fourth-order valence-corrected chi connectivity index (χ4v) is 3.42. The minimum atomic E-state index is -1.11. The quantitative estimate of drug-likeness (QED) is 0.459. The van der Waals surface area contributed by atoms with Gasteiger partial charge in [-0.25, -0.2) is 9.78 Å². The average Bonchev–Trinajstić information content (AvgIpc) is 2.77. The van der Waals surface area contributed by atoms with Crippen molar-refractivity contribution in [1.29, 1.82) is 0 Å². The number of carboxylic acid groups (broad SMARTS) is 1. The number of benzene rings is 2. The van der Waals surface area contributed by atoms with E-state index in [9.17, 15) is 19.8 Å². The number of nitrogens with one attached hydrogen (secondary N) is 1. The molecular weight excluding hydrogens is 404 g/mol. The van der Waals surface area contributed by atoms with Crippen molar-refractivity contribution in [2.24, 2.45) is 0 Å². The number of hydrogen-bond donors (Lipinski definition) is 3. The molecule has 32 heavy (non-hydrogen) atoms. The van der Waals surface area contributed by atoms with Crippen LogP contribution in [0, 0.1) is 0 Å². The van der Waals surface area contributed by atoms with E-state index >= 15 is 0 Å². The van der Waals surface area contributed by atoms with Crippen molar-refractivity contribution in [3.8, 4) is 5.75 Å². The number of phenols is 1. The smallest absolute Gasteiger partial charge is 0.336 e. The fourth-order valence-electron chi connectivity index (χ4n) is 3.42. The van der Waals surface area contributed by atoms with Crippen molar-refractivity contribution in [1.82, 2.24) is 10.3 Å². The molecule has 6 nitrogen and oxygen atoms in total. The Labute approximate surface area is 186 Å². The van der Waals surface area contributed by atoms with E-state index in [1.54, 1.807) is 36.4 Å². The molecule has 0 bridgehead atoms. The molecule has 1 amide bonds. The number of phenolic OH excluding ortho intramolecular Hbond substituents is 1. The molecule has 6 heteroatoms. The van der Waals surface area contributed by atoms with Gasteiger partial charge in [-0.15, -0.1) is 0 Å². The molecule has 2 aromatic carbocycles. The fraction of sp³-hybridized carbons (Fsp3) is 0.192. The van der Waals surface area contributed by atoms with Crippen molar-refractivity contribution in [3.63, 3.8) is 0 Å². The maximum atomic E-state index is 12.6. The molecule has 0 aliphatic rings. The molecule has 0 fully saturated rings. The summed E-state index contributed by atoms with van der Waals surface area (Å²) >= 11 is 0. The first-order valence-corrected chi connectivity index (χ1v) is 10.3. The standard InChI is InChI=1S/C26H26N2O4/c1-4-18(13-16(2)3)19-7-10-23-21(14-19)22(26(31)32)15-24(28-23)25(30)27-12-11-17-5-8-20(29)9-6-17/h4-10,13-15,29H,11-12H2,1-3H3,(H,27,30)(H,31,32)/b18-4+. The lowest BCUT2D eigenvalue weighted by molar-refractivity contribution is 0.0699. The van der Waals surface area contributed by atoms with E-state index in [-0.39, 0.29) is 17.0 Å². The number of fused-ring (bicyclic) bond motifs is 1. The molecule has 3 rings (SSSR count). The van der Waals surface area contributed by atoms with Crippen molar-refractivity contribution in [3.05, 3.63) is 88.6 Å². The maximum absolute atomic E-state index is 12.6. The molecule has 0 aliphatic carbocycles. The van der Waals surface area contributed by atoms with E-state index in [1.807, 2.05) is 39.0 Å². The van der Waals surface area contributed by atoms with Crippen LogP contribution in [0.3, 0.4) is 0 Å². The predicted molar refractivity (Wildman–Crippen MR) is 126 cm³/mol. The average molecular weight is 431 g/mol. The summed E-state index contributed by atoms with van der Waals surface area (Å²) < 4.78 is 0. The van der Waals surface area contributed by atoms with Gasteiger partial charge >= 0.3 is 5.97 Å². The molecule has 3 aromatic rings. The summed E-state index contributed by atoms with van der Waals surface area (Å²) in [5.74, 6) is -1.36. The minimum Gasteiger partial charge on any atom is -0.508 e. The van der Waals surface area contributed by atoms with Crippen LogP contribution in [0.2, 0.25) is 0 Å². The highest BCUT2D eigenvalue weighted by Crippen LogP contribution is 2.25. The summed E-state index contributed by atoms with van der Waals surface area (Å²) in [5.41, 5.74) is 4.51. The second kappa shape index (κ2) is 9.92. The topological polar surface area (TPSA) is 99.5 Å². The molecular formula is C26H26N2O4. The number of nitrogens with zero attached hydrogens (tertiary/aromatic N) is 1. The van der Waals surface area contributed by atoms with Crippen LogP contribution in [0.15, 0.2) is 66.3 Å². The summed E-state index contributed by atoms with van der Waals surface area (Å²) in [6, 6.07) is 13.5. The molecule has 3 N–H and O–H groups in total. The molecule has 0 saturated carbocycles. The Morgan fingerprint density at radius 3 is 2.41 bits per heavy atom. The number of carbonyl (C=O) groups is 2. The molecule has 0 atom stereocenters. The number of carboxylic acids is 1. The first-order valence-electron chi connectivity index (χ1n) is 10.3. The van der Waals surface area contributed by atoms with Gasteiger partial charge in [0.2, 0.25) is 0 Å². The van der Waals surface area contributed by atoms with Crippen LogP contribution in [0.4, 0.5) is 0 Å². The van der Waals surface area contributed by atoms with Crippen LogP contribution in [0.25, 0.3) is 16.5 Å². The SMILES string of the molecule is C/C=C(\C=C(C)C)c1ccc2nc(C(=O)NCCc3ccc(O)cc3)cc(C(=O)O)c2c1. The number of aromatic hydroxyl groups is 1. The van der Waals surface area contributed by atoms with Gasteiger partial charge in [-0.1, -0.05) is 35.9 Å². The molecule has 0 radical (unpaired) electrons. The van der Waals surface area contributed by atoms with Crippen molar-refractivity contribution in [2.45, 2.75) is 27.2 Å². The second-order valence-electron chi connectivity index (χ2n) is 7.73. The first kappa shape index (κ1) is 22.7. The molecule has 164 valence electrons. The van der Waals surface area contributed by atoms with E-state index in [1.165, 1.54) is 6.07 Å². The molecule has 0 aliphatic heterocycles. The third kappa shape index (κ3) is 5.40. The van der Waals surface area contributed by atoms with E-state index in [0.717, 1.165) is 22.3 Å². The molecule has 0 spiro atoms. The zero-order valence-electron chi connectivity index (χ0n) is 18.3. The monoisotopic (exact) mass is 430 g/mol.